The van der Waals surface area contributed by atoms with E-state index in [0.29, 0.717) is 0 Å². The van der Waals surface area contributed by atoms with Crippen molar-refractivity contribution in [3.63, 3.8) is 0 Å². The fraction of sp³-hybridized carbons (Fsp3) is 1.00. The van der Waals surface area contributed by atoms with Crippen LogP contribution in [0.25, 0.3) is 0 Å². The van der Waals surface area contributed by atoms with Crippen molar-refractivity contribution in [3.8, 4) is 0 Å². The maximum absolute atomic E-state index is 3.37. The molecule has 2 N–H and O–H groups in total. The van der Waals surface area contributed by atoms with Crippen molar-refractivity contribution >= 4 is 12.4 Å². The van der Waals surface area contributed by atoms with E-state index in [4.69, 9.17) is 0 Å². The van der Waals surface area contributed by atoms with Crippen molar-refractivity contribution in [2.75, 3.05) is 26.2 Å². The molecule has 68 valence electrons. The minimum absolute atomic E-state index is 0. The van der Waals surface area contributed by atoms with E-state index in [9.17, 15) is 0 Å². The van der Waals surface area contributed by atoms with Crippen LogP contribution in [-0.4, -0.2) is 26.2 Å². The maximum Gasteiger partial charge on any atom is -0.00196 e. The predicted molar refractivity (Wildman–Crippen MR) is 51.4 cm³/mol. The third kappa shape index (κ3) is 4.62. The highest BCUT2D eigenvalue weighted by Crippen LogP contribution is 2.10. The van der Waals surface area contributed by atoms with Crippen molar-refractivity contribution in [2.24, 2.45) is 5.92 Å². The zero-order valence-corrected chi connectivity index (χ0v) is 8.04. The van der Waals surface area contributed by atoms with Crippen LogP contribution in [0.3, 0.4) is 0 Å². The van der Waals surface area contributed by atoms with Gasteiger partial charge in [-0.05, 0) is 44.9 Å². The van der Waals surface area contributed by atoms with Crippen LogP contribution in [-0.2, 0) is 0 Å². The normalized spacial score (nSPS) is 23.2. The summed E-state index contributed by atoms with van der Waals surface area (Å²) in [7, 11) is 0. The lowest BCUT2D eigenvalue weighted by Gasteiger charge is -2.06. The quantitative estimate of drug-likeness (QED) is 0.629. The van der Waals surface area contributed by atoms with Gasteiger partial charge in [0.05, 0.1) is 0 Å². The molecule has 0 amide bonds. The number of rotatable bonds is 4. The molecule has 2 nitrogen and oxygen atoms in total. The minimum Gasteiger partial charge on any atom is -0.317 e. The molecule has 0 radical (unpaired) electrons. The first-order valence-electron chi connectivity index (χ1n) is 4.35. The van der Waals surface area contributed by atoms with Gasteiger partial charge in [-0.1, -0.05) is 6.92 Å². The average Bonchev–Trinajstić information content (AvgIpc) is 2.41. The summed E-state index contributed by atoms with van der Waals surface area (Å²) in [6, 6.07) is 0. The second-order valence-corrected chi connectivity index (χ2v) is 3.00. The van der Waals surface area contributed by atoms with Gasteiger partial charge in [-0.3, -0.25) is 0 Å². The number of hydrogen-bond acceptors (Lipinski definition) is 2. The molecule has 1 heterocycles. The van der Waals surface area contributed by atoms with Crippen LogP contribution in [0, 0.1) is 5.92 Å². The Kier molecular flexibility index (Phi) is 7.02. The maximum atomic E-state index is 3.37. The summed E-state index contributed by atoms with van der Waals surface area (Å²) >= 11 is 0. The largest absolute Gasteiger partial charge is 0.317 e. The lowest BCUT2D eigenvalue weighted by Crippen LogP contribution is -2.18. The summed E-state index contributed by atoms with van der Waals surface area (Å²) in [6.07, 6.45) is 2.73. The smallest absolute Gasteiger partial charge is 0.00196 e. The van der Waals surface area contributed by atoms with E-state index in [1.54, 1.807) is 0 Å². The molecule has 0 aromatic rings. The van der Waals surface area contributed by atoms with Crippen LogP contribution in [0.1, 0.15) is 19.8 Å². The lowest BCUT2D eigenvalue weighted by molar-refractivity contribution is 0.506. The fourth-order valence-corrected chi connectivity index (χ4v) is 1.44. The zero-order chi connectivity index (χ0) is 7.23. The van der Waals surface area contributed by atoms with E-state index in [-0.39, 0.29) is 12.4 Å². The first kappa shape index (κ1) is 11.2. The monoisotopic (exact) mass is 178 g/mol. The Morgan fingerprint density at radius 3 is 2.91 bits per heavy atom. The topological polar surface area (TPSA) is 24.1 Å². The van der Waals surface area contributed by atoms with Crippen LogP contribution in [0.5, 0.6) is 0 Å². The molecule has 0 saturated carbocycles. The Morgan fingerprint density at radius 2 is 2.36 bits per heavy atom. The summed E-state index contributed by atoms with van der Waals surface area (Å²) in [5.74, 6) is 0.944. The molecule has 1 atom stereocenters. The second kappa shape index (κ2) is 6.89. The highest BCUT2D eigenvalue weighted by atomic mass is 35.5. The number of halogens is 1. The SMILES string of the molecule is CCNCC[C@H]1CCNC1.Cl. The highest BCUT2D eigenvalue weighted by molar-refractivity contribution is 5.85. The summed E-state index contributed by atoms with van der Waals surface area (Å²) in [4.78, 5) is 0. The van der Waals surface area contributed by atoms with Gasteiger partial charge in [0.15, 0.2) is 0 Å². The van der Waals surface area contributed by atoms with Gasteiger partial charge in [-0.25, -0.2) is 0 Å². The summed E-state index contributed by atoms with van der Waals surface area (Å²) in [6.45, 7) is 6.94. The first-order valence-corrected chi connectivity index (χ1v) is 4.35. The predicted octanol–water partition coefficient (Wildman–Crippen LogP) is 1.02. The molecular weight excluding hydrogens is 160 g/mol. The minimum atomic E-state index is 0. The Labute approximate surface area is 75.5 Å². The molecule has 1 aliphatic rings. The van der Waals surface area contributed by atoms with Crippen molar-refractivity contribution in [1.29, 1.82) is 0 Å². The standard InChI is InChI=1S/C8H18N2.ClH/c1-2-9-5-3-8-4-6-10-7-8;/h8-10H,2-7H2,1H3;1H/t8-;/m0./s1. The Balaban J connectivity index is 0.000001000. The molecule has 11 heavy (non-hydrogen) atoms. The Bertz CT molecular complexity index is 82.2. The van der Waals surface area contributed by atoms with E-state index < -0.39 is 0 Å². The van der Waals surface area contributed by atoms with Gasteiger partial charge in [0.25, 0.3) is 0 Å². The first-order chi connectivity index (χ1) is 4.93. The molecule has 1 saturated heterocycles. The Hall–Kier alpha value is 0.210. The van der Waals surface area contributed by atoms with Crippen molar-refractivity contribution < 1.29 is 0 Å². The molecule has 0 unspecified atom stereocenters. The zero-order valence-electron chi connectivity index (χ0n) is 7.23. The average molecular weight is 179 g/mol. The van der Waals surface area contributed by atoms with E-state index >= 15 is 0 Å². The molecule has 0 bridgehead atoms. The number of nitrogens with one attached hydrogen (secondary N) is 2. The van der Waals surface area contributed by atoms with Crippen LogP contribution in [0.15, 0.2) is 0 Å². The second-order valence-electron chi connectivity index (χ2n) is 3.00. The van der Waals surface area contributed by atoms with Crippen LogP contribution < -0.4 is 10.6 Å². The molecule has 1 fully saturated rings. The van der Waals surface area contributed by atoms with Gasteiger partial charge in [0.2, 0.25) is 0 Å². The summed E-state index contributed by atoms with van der Waals surface area (Å²) in [5, 5.41) is 6.72. The van der Waals surface area contributed by atoms with E-state index in [2.05, 4.69) is 17.6 Å². The molecule has 0 spiro atoms. The van der Waals surface area contributed by atoms with E-state index in [0.717, 1.165) is 12.5 Å². The van der Waals surface area contributed by atoms with Gasteiger partial charge in [0, 0.05) is 0 Å². The lowest BCUT2D eigenvalue weighted by atomic mass is 10.1. The van der Waals surface area contributed by atoms with E-state index in [1.807, 2.05) is 0 Å². The molecule has 3 heteroatoms. The van der Waals surface area contributed by atoms with Gasteiger partial charge in [-0.15, -0.1) is 12.4 Å². The van der Waals surface area contributed by atoms with Crippen molar-refractivity contribution in [2.45, 2.75) is 19.8 Å². The third-order valence-corrected chi connectivity index (χ3v) is 2.14. The van der Waals surface area contributed by atoms with Gasteiger partial charge >= 0.3 is 0 Å². The van der Waals surface area contributed by atoms with Gasteiger partial charge < -0.3 is 10.6 Å². The fourth-order valence-electron chi connectivity index (χ4n) is 1.44. The van der Waals surface area contributed by atoms with Gasteiger partial charge in [-0.2, -0.15) is 0 Å². The van der Waals surface area contributed by atoms with Crippen molar-refractivity contribution in [3.05, 3.63) is 0 Å². The Morgan fingerprint density at radius 1 is 1.55 bits per heavy atom. The van der Waals surface area contributed by atoms with Crippen LogP contribution in [0.4, 0.5) is 0 Å². The van der Waals surface area contributed by atoms with Crippen LogP contribution in [0.2, 0.25) is 0 Å². The van der Waals surface area contributed by atoms with Crippen LogP contribution >= 0.6 is 12.4 Å². The molecule has 1 rings (SSSR count). The highest BCUT2D eigenvalue weighted by Gasteiger charge is 2.12. The molecule has 1 aliphatic heterocycles. The summed E-state index contributed by atoms with van der Waals surface area (Å²) < 4.78 is 0. The van der Waals surface area contributed by atoms with Crippen molar-refractivity contribution in [1.82, 2.24) is 10.6 Å². The molecule has 0 aliphatic carbocycles. The molecule has 0 aromatic heterocycles. The molecule has 0 aromatic carbocycles. The van der Waals surface area contributed by atoms with E-state index in [1.165, 1.54) is 32.5 Å². The summed E-state index contributed by atoms with van der Waals surface area (Å²) in [5.41, 5.74) is 0. The third-order valence-electron chi connectivity index (χ3n) is 2.14. The molecular formula is C8H19ClN2. The number of hydrogen-bond donors (Lipinski definition) is 2. The van der Waals surface area contributed by atoms with Gasteiger partial charge in [0.1, 0.15) is 0 Å².